The molecule has 0 spiro atoms. The number of hydrogen-bond acceptors (Lipinski definition) is 4. The average molecular weight is 352 g/mol. The fraction of sp³-hybridized carbons (Fsp3) is 0. The van der Waals surface area contributed by atoms with Crippen molar-refractivity contribution in [1.82, 2.24) is 15.0 Å². The summed E-state index contributed by atoms with van der Waals surface area (Å²) in [6.07, 6.45) is 0. The second kappa shape index (κ2) is 7.14. The van der Waals surface area contributed by atoms with Crippen LogP contribution in [0.25, 0.3) is 34.2 Å². The van der Waals surface area contributed by atoms with Crippen molar-refractivity contribution < 1.29 is 4.39 Å². The zero-order valence-corrected chi connectivity index (χ0v) is 14.2. The van der Waals surface area contributed by atoms with Crippen LogP contribution in [0.15, 0.2) is 78.9 Å². The predicted molar refractivity (Wildman–Crippen MR) is 101 cm³/mol. The summed E-state index contributed by atoms with van der Waals surface area (Å²) in [6.45, 7) is 0. The van der Waals surface area contributed by atoms with Gasteiger partial charge in [-0.1, -0.05) is 60.7 Å². The van der Waals surface area contributed by atoms with Gasteiger partial charge < -0.3 is 0 Å². The minimum atomic E-state index is -0.568. The fourth-order valence-corrected chi connectivity index (χ4v) is 2.69. The molecule has 0 aliphatic carbocycles. The molecule has 0 atom stereocenters. The van der Waals surface area contributed by atoms with Crippen LogP contribution in [0.2, 0.25) is 0 Å². The van der Waals surface area contributed by atoms with Gasteiger partial charge in [0.2, 0.25) is 0 Å². The molecule has 0 aliphatic heterocycles. The Morgan fingerprint density at radius 1 is 0.630 bits per heavy atom. The highest BCUT2D eigenvalue weighted by molar-refractivity contribution is 5.67. The zero-order chi connectivity index (χ0) is 18.6. The van der Waals surface area contributed by atoms with Crippen molar-refractivity contribution in [3.05, 3.63) is 90.2 Å². The van der Waals surface area contributed by atoms with Crippen molar-refractivity contribution in [3.8, 4) is 40.2 Å². The molecule has 27 heavy (non-hydrogen) atoms. The van der Waals surface area contributed by atoms with Crippen LogP contribution in [0, 0.1) is 17.1 Å². The Bertz CT molecular complexity index is 1080. The number of benzene rings is 3. The first-order chi connectivity index (χ1) is 13.2. The molecule has 0 bridgehead atoms. The SMILES string of the molecule is N#Cc1cc(-c2nc(-c3ccccc3)nc(-c3ccccc3)n2)ccc1F. The van der Waals surface area contributed by atoms with Crippen LogP contribution < -0.4 is 0 Å². The Kier molecular flexibility index (Phi) is 4.38. The quantitative estimate of drug-likeness (QED) is 0.527. The van der Waals surface area contributed by atoms with E-state index in [0.717, 1.165) is 11.1 Å². The maximum Gasteiger partial charge on any atom is 0.164 e. The van der Waals surface area contributed by atoms with Gasteiger partial charge in [0.15, 0.2) is 17.5 Å². The van der Waals surface area contributed by atoms with Crippen molar-refractivity contribution in [2.75, 3.05) is 0 Å². The van der Waals surface area contributed by atoms with Crippen LogP contribution in [-0.4, -0.2) is 15.0 Å². The highest BCUT2D eigenvalue weighted by Gasteiger charge is 2.13. The van der Waals surface area contributed by atoms with E-state index >= 15 is 0 Å². The lowest BCUT2D eigenvalue weighted by Gasteiger charge is -2.08. The molecule has 0 saturated heterocycles. The van der Waals surface area contributed by atoms with Crippen molar-refractivity contribution in [3.63, 3.8) is 0 Å². The maximum atomic E-state index is 13.7. The minimum Gasteiger partial charge on any atom is -0.208 e. The molecule has 5 heteroatoms. The topological polar surface area (TPSA) is 62.5 Å². The summed E-state index contributed by atoms with van der Waals surface area (Å²) in [5, 5.41) is 9.11. The van der Waals surface area contributed by atoms with Gasteiger partial charge in [0, 0.05) is 16.7 Å². The second-order valence-electron chi connectivity index (χ2n) is 5.84. The van der Waals surface area contributed by atoms with Gasteiger partial charge in [0.05, 0.1) is 5.56 Å². The smallest absolute Gasteiger partial charge is 0.164 e. The number of rotatable bonds is 3. The van der Waals surface area contributed by atoms with E-state index in [9.17, 15) is 4.39 Å². The summed E-state index contributed by atoms with van der Waals surface area (Å²) in [5.41, 5.74) is 2.21. The highest BCUT2D eigenvalue weighted by Crippen LogP contribution is 2.25. The summed E-state index contributed by atoms with van der Waals surface area (Å²) < 4.78 is 13.7. The third-order valence-electron chi connectivity index (χ3n) is 4.04. The average Bonchev–Trinajstić information content (AvgIpc) is 2.75. The largest absolute Gasteiger partial charge is 0.208 e. The van der Waals surface area contributed by atoms with E-state index in [0.29, 0.717) is 23.0 Å². The van der Waals surface area contributed by atoms with Crippen LogP contribution in [0.5, 0.6) is 0 Å². The Balaban J connectivity index is 1.93. The van der Waals surface area contributed by atoms with Crippen molar-refractivity contribution in [1.29, 1.82) is 5.26 Å². The lowest BCUT2D eigenvalue weighted by atomic mass is 10.1. The van der Waals surface area contributed by atoms with E-state index in [4.69, 9.17) is 5.26 Å². The molecule has 4 nitrogen and oxygen atoms in total. The van der Waals surface area contributed by atoms with Gasteiger partial charge in [-0.15, -0.1) is 0 Å². The fourth-order valence-electron chi connectivity index (χ4n) is 2.69. The van der Waals surface area contributed by atoms with Crippen LogP contribution in [0.4, 0.5) is 4.39 Å². The Hall–Kier alpha value is -3.91. The monoisotopic (exact) mass is 352 g/mol. The summed E-state index contributed by atoms with van der Waals surface area (Å²) in [6, 6.07) is 25.3. The van der Waals surface area contributed by atoms with Crippen molar-refractivity contribution >= 4 is 0 Å². The Labute approximate surface area is 155 Å². The lowest BCUT2D eigenvalue weighted by molar-refractivity contribution is 0.624. The third kappa shape index (κ3) is 3.42. The molecule has 4 aromatic rings. The molecule has 0 radical (unpaired) electrons. The van der Waals surface area contributed by atoms with E-state index < -0.39 is 5.82 Å². The Morgan fingerprint density at radius 2 is 1.11 bits per heavy atom. The van der Waals surface area contributed by atoms with E-state index in [1.807, 2.05) is 66.7 Å². The summed E-state index contributed by atoms with van der Waals surface area (Å²) >= 11 is 0. The first-order valence-corrected chi connectivity index (χ1v) is 8.31. The predicted octanol–water partition coefficient (Wildman–Crippen LogP) is 4.88. The molecule has 0 fully saturated rings. The maximum absolute atomic E-state index is 13.7. The first-order valence-electron chi connectivity index (χ1n) is 8.31. The van der Waals surface area contributed by atoms with Crippen LogP contribution in [-0.2, 0) is 0 Å². The molecule has 0 amide bonds. The van der Waals surface area contributed by atoms with Crippen LogP contribution >= 0.6 is 0 Å². The van der Waals surface area contributed by atoms with Crippen molar-refractivity contribution in [2.45, 2.75) is 0 Å². The van der Waals surface area contributed by atoms with Gasteiger partial charge in [-0.25, -0.2) is 19.3 Å². The highest BCUT2D eigenvalue weighted by atomic mass is 19.1. The summed E-state index contributed by atoms with van der Waals surface area (Å²) in [4.78, 5) is 13.7. The molecule has 0 N–H and O–H groups in total. The Morgan fingerprint density at radius 3 is 1.59 bits per heavy atom. The van der Waals surface area contributed by atoms with Gasteiger partial charge in [-0.2, -0.15) is 5.26 Å². The number of aromatic nitrogens is 3. The molecular weight excluding hydrogens is 339 g/mol. The molecular formula is C22H13FN4. The molecule has 128 valence electrons. The number of hydrogen-bond donors (Lipinski definition) is 0. The van der Waals surface area contributed by atoms with Crippen LogP contribution in [0.3, 0.4) is 0 Å². The number of nitriles is 1. The molecule has 0 unspecified atom stereocenters. The number of nitrogens with zero attached hydrogens (tertiary/aromatic N) is 4. The van der Waals surface area contributed by atoms with Gasteiger partial charge in [0.25, 0.3) is 0 Å². The lowest BCUT2D eigenvalue weighted by Crippen LogP contribution is -2.00. The van der Waals surface area contributed by atoms with Gasteiger partial charge in [0.1, 0.15) is 11.9 Å². The van der Waals surface area contributed by atoms with E-state index in [-0.39, 0.29) is 5.56 Å². The molecule has 1 heterocycles. The summed E-state index contributed by atoms with van der Waals surface area (Å²) in [5.74, 6) is 0.852. The van der Waals surface area contributed by atoms with E-state index in [2.05, 4.69) is 15.0 Å². The summed E-state index contributed by atoms with van der Waals surface area (Å²) in [7, 11) is 0. The standard InChI is InChI=1S/C22H13FN4/c23-19-12-11-17(13-18(19)14-24)22-26-20(15-7-3-1-4-8-15)25-21(27-22)16-9-5-2-6-10-16/h1-13H. The zero-order valence-electron chi connectivity index (χ0n) is 14.2. The molecule has 1 aromatic heterocycles. The van der Waals surface area contributed by atoms with Crippen molar-refractivity contribution in [2.24, 2.45) is 0 Å². The van der Waals surface area contributed by atoms with Gasteiger partial charge in [-0.3, -0.25) is 0 Å². The van der Waals surface area contributed by atoms with Gasteiger partial charge in [-0.05, 0) is 18.2 Å². The third-order valence-corrected chi connectivity index (χ3v) is 4.04. The molecule has 0 saturated carbocycles. The van der Waals surface area contributed by atoms with E-state index in [1.54, 1.807) is 6.07 Å². The first kappa shape index (κ1) is 16.6. The second-order valence-corrected chi connectivity index (χ2v) is 5.84. The van der Waals surface area contributed by atoms with E-state index in [1.165, 1.54) is 12.1 Å². The minimum absolute atomic E-state index is 0.0459. The van der Waals surface area contributed by atoms with Crippen LogP contribution in [0.1, 0.15) is 5.56 Å². The molecule has 3 aromatic carbocycles. The van der Waals surface area contributed by atoms with Gasteiger partial charge >= 0.3 is 0 Å². The number of halogens is 1. The normalized spacial score (nSPS) is 10.4. The molecule has 4 rings (SSSR count). The molecule has 0 aliphatic rings.